The molecule has 0 saturated carbocycles. The molecule has 0 fully saturated rings. The second kappa shape index (κ2) is 5.99. The fraction of sp³-hybridized carbons (Fsp3) is 0.0588. The number of carbonyl (C=O) groups excluding carboxylic acids is 2. The van der Waals surface area contributed by atoms with Crippen molar-refractivity contribution in [2.45, 2.75) is 0 Å². The van der Waals surface area contributed by atoms with E-state index in [0.717, 1.165) is 10.1 Å². The van der Waals surface area contributed by atoms with Crippen molar-refractivity contribution < 1.29 is 14.3 Å². The number of esters is 1. The van der Waals surface area contributed by atoms with Gasteiger partial charge in [-0.15, -0.1) is 11.3 Å². The standard InChI is InChI=1S/C17H13NO3S/c1-21-17(20)12-7-2-4-8-14(12)18-16(19)13-10-22-15-9-5-3-6-11(13)15/h2-10H,1H3,(H,18,19). The lowest BCUT2D eigenvalue weighted by atomic mass is 10.1. The number of anilines is 1. The van der Waals surface area contributed by atoms with Crippen molar-refractivity contribution in [3.05, 3.63) is 65.0 Å². The van der Waals surface area contributed by atoms with Crippen molar-refractivity contribution in [1.29, 1.82) is 0 Å². The van der Waals surface area contributed by atoms with Crippen molar-refractivity contribution in [3.63, 3.8) is 0 Å². The van der Waals surface area contributed by atoms with Gasteiger partial charge in [0.15, 0.2) is 0 Å². The molecule has 0 aliphatic carbocycles. The molecule has 110 valence electrons. The number of fused-ring (bicyclic) bond motifs is 1. The number of hydrogen-bond acceptors (Lipinski definition) is 4. The smallest absolute Gasteiger partial charge is 0.339 e. The first-order chi connectivity index (χ1) is 10.7. The molecule has 1 aromatic heterocycles. The number of nitrogens with one attached hydrogen (secondary N) is 1. The van der Waals surface area contributed by atoms with E-state index in [1.54, 1.807) is 24.3 Å². The Bertz CT molecular complexity index is 854. The zero-order valence-electron chi connectivity index (χ0n) is 11.8. The van der Waals surface area contributed by atoms with Gasteiger partial charge in [0.1, 0.15) is 0 Å². The fourth-order valence-electron chi connectivity index (χ4n) is 2.22. The SMILES string of the molecule is COC(=O)c1ccccc1NC(=O)c1csc2ccccc12. The molecule has 0 bridgehead atoms. The summed E-state index contributed by atoms with van der Waals surface area (Å²) in [7, 11) is 1.31. The highest BCUT2D eigenvalue weighted by molar-refractivity contribution is 7.17. The lowest BCUT2D eigenvalue weighted by molar-refractivity contribution is 0.0602. The van der Waals surface area contributed by atoms with Crippen LogP contribution in [0.5, 0.6) is 0 Å². The van der Waals surface area contributed by atoms with Crippen molar-refractivity contribution in [2.24, 2.45) is 0 Å². The van der Waals surface area contributed by atoms with Crippen LogP contribution in [0, 0.1) is 0 Å². The molecule has 3 rings (SSSR count). The summed E-state index contributed by atoms with van der Waals surface area (Å²) in [6.45, 7) is 0. The van der Waals surface area contributed by atoms with Gasteiger partial charge in [-0.05, 0) is 18.2 Å². The molecule has 0 unspecified atom stereocenters. The molecule has 0 radical (unpaired) electrons. The van der Waals surface area contributed by atoms with E-state index in [9.17, 15) is 9.59 Å². The number of carbonyl (C=O) groups is 2. The lowest BCUT2D eigenvalue weighted by Crippen LogP contribution is -2.15. The van der Waals surface area contributed by atoms with Crippen molar-refractivity contribution in [2.75, 3.05) is 12.4 Å². The number of hydrogen-bond donors (Lipinski definition) is 1. The molecule has 0 aliphatic rings. The number of amides is 1. The first kappa shape index (κ1) is 14.3. The maximum atomic E-state index is 12.5. The third kappa shape index (κ3) is 2.58. The zero-order valence-corrected chi connectivity index (χ0v) is 12.6. The Morgan fingerprint density at radius 1 is 1.00 bits per heavy atom. The van der Waals surface area contributed by atoms with E-state index in [0.29, 0.717) is 16.8 Å². The molecule has 2 aromatic carbocycles. The van der Waals surface area contributed by atoms with Gasteiger partial charge in [-0.3, -0.25) is 4.79 Å². The van der Waals surface area contributed by atoms with Crippen LogP contribution in [0.2, 0.25) is 0 Å². The third-order valence-electron chi connectivity index (χ3n) is 3.31. The summed E-state index contributed by atoms with van der Waals surface area (Å²) in [5, 5.41) is 5.51. The van der Waals surface area contributed by atoms with E-state index >= 15 is 0 Å². The van der Waals surface area contributed by atoms with Crippen LogP contribution in [0.1, 0.15) is 20.7 Å². The van der Waals surface area contributed by atoms with Crippen molar-refractivity contribution in [1.82, 2.24) is 0 Å². The number of benzene rings is 2. The molecule has 3 aromatic rings. The second-order valence-corrected chi connectivity index (χ2v) is 5.55. The Morgan fingerprint density at radius 3 is 2.55 bits per heavy atom. The molecule has 5 heteroatoms. The van der Waals surface area contributed by atoms with Crippen LogP contribution in [0.4, 0.5) is 5.69 Å². The average molecular weight is 311 g/mol. The van der Waals surface area contributed by atoms with E-state index in [4.69, 9.17) is 4.74 Å². The fourth-order valence-corrected chi connectivity index (χ4v) is 3.16. The van der Waals surface area contributed by atoms with E-state index in [1.165, 1.54) is 18.4 Å². The normalized spacial score (nSPS) is 10.4. The lowest BCUT2D eigenvalue weighted by Gasteiger charge is -2.09. The molecule has 1 N–H and O–H groups in total. The molecule has 0 saturated heterocycles. The van der Waals surface area contributed by atoms with E-state index in [2.05, 4.69) is 5.32 Å². The summed E-state index contributed by atoms with van der Waals surface area (Å²) >= 11 is 1.52. The van der Waals surface area contributed by atoms with Crippen LogP contribution in [-0.2, 0) is 4.74 Å². The molecular formula is C17H13NO3S. The Morgan fingerprint density at radius 2 is 1.73 bits per heavy atom. The van der Waals surface area contributed by atoms with E-state index in [-0.39, 0.29) is 5.91 Å². The van der Waals surface area contributed by atoms with Gasteiger partial charge in [-0.1, -0.05) is 30.3 Å². The molecule has 4 nitrogen and oxygen atoms in total. The topological polar surface area (TPSA) is 55.4 Å². The first-order valence-electron chi connectivity index (χ1n) is 6.65. The number of rotatable bonds is 3. The van der Waals surface area contributed by atoms with Gasteiger partial charge in [0.2, 0.25) is 0 Å². The van der Waals surface area contributed by atoms with Crippen molar-refractivity contribution in [3.8, 4) is 0 Å². The van der Waals surface area contributed by atoms with Gasteiger partial charge < -0.3 is 10.1 Å². The maximum absolute atomic E-state index is 12.5. The third-order valence-corrected chi connectivity index (χ3v) is 4.27. The van der Waals surface area contributed by atoms with Gasteiger partial charge in [-0.25, -0.2) is 4.79 Å². The van der Waals surface area contributed by atoms with Gasteiger partial charge in [-0.2, -0.15) is 0 Å². The summed E-state index contributed by atoms with van der Waals surface area (Å²) in [5.74, 6) is -0.722. The van der Waals surface area contributed by atoms with Gasteiger partial charge in [0.25, 0.3) is 5.91 Å². The number of ether oxygens (including phenoxy) is 1. The quantitative estimate of drug-likeness (QED) is 0.745. The highest BCUT2D eigenvalue weighted by Crippen LogP contribution is 2.27. The Kier molecular flexibility index (Phi) is 3.89. The van der Waals surface area contributed by atoms with Crippen LogP contribution in [0.3, 0.4) is 0 Å². The minimum absolute atomic E-state index is 0.242. The zero-order chi connectivity index (χ0) is 15.5. The Hall–Kier alpha value is -2.66. The first-order valence-corrected chi connectivity index (χ1v) is 7.53. The Labute approximate surface area is 131 Å². The number of thiophene rings is 1. The average Bonchev–Trinajstić information content (AvgIpc) is 2.99. The molecule has 22 heavy (non-hydrogen) atoms. The monoisotopic (exact) mass is 311 g/mol. The van der Waals surface area contributed by atoms with E-state index < -0.39 is 5.97 Å². The van der Waals surface area contributed by atoms with Crippen LogP contribution >= 0.6 is 11.3 Å². The van der Waals surface area contributed by atoms with Gasteiger partial charge in [0.05, 0.1) is 23.9 Å². The number of para-hydroxylation sites is 1. The maximum Gasteiger partial charge on any atom is 0.339 e. The van der Waals surface area contributed by atoms with Crippen LogP contribution in [-0.4, -0.2) is 19.0 Å². The molecular weight excluding hydrogens is 298 g/mol. The summed E-state index contributed by atoms with van der Waals surface area (Å²) in [4.78, 5) is 24.2. The number of methoxy groups -OCH3 is 1. The molecule has 0 atom stereocenters. The minimum atomic E-state index is -0.480. The predicted molar refractivity (Wildman–Crippen MR) is 87.6 cm³/mol. The molecule has 0 spiro atoms. The largest absolute Gasteiger partial charge is 0.465 e. The molecule has 1 amide bonds. The van der Waals surface area contributed by atoms with Crippen LogP contribution in [0.25, 0.3) is 10.1 Å². The summed E-state index contributed by atoms with van der Waals surface area (Å²) in [5.41, 5.74) is 1.37. The minimum Gasteiger partial charge on any atom is -0.465 e. The Balaban J connectivity index is 1.94. The van der Waals surface area contributed by atoms with Gasteiger partial charge >= 0.3 is 5.97 Å². The second-order valence-electron chi connectivity index (χ2n) is 4.64. The van der Waals surface area contributed by atoms with Gasteiger partial charge in [0, 0.05) is 15.5 Å². The highest BCUT2D eigenvalue weighted by Gasteiger charge is 2.16. The summed E-state index contributed by atoms with van der Waals surface area (Å²) < 4.78 is 5.78. The van der Waals surface area contributed by atoms with Crippen molar-refractivity contribution >= 4 is 39.0 Å². The van der Waals surface area contributed by atoms with Crippen LogP contribution in [0.15, 0.2) is 53.9 Å². The molecule has 1 heterocycles. The molecule has 0 aliphatic heterocycles. The summed E-state index contributed by atoms with van der Waals surface area (Å²) in [6, 6.07) is 14.5. The predicted octanol–water partition coefficient (Wildman–Crippen LogP) is 3.94. The highest BCUT2D eigenvalue weighted by atomic mass is 32.1. The van der Waals surface area contributed by atoms with Crippen LogP contribution < -0.4 is 5.32 Å². The summed E-state index contributed by atoms with van der Waals surface area (Å²) in [6.07, 6.45) is 0. The van der Waals surface area contributed by atoms with E-state index in [1.807, 2.05) is 29.6 Å².